The number of aromatic hydroxyl groups is 1. The van der Waals surface area contributed by atoms with Gasteiger partial charge in [-0.3, -0.25) is 4.90 Å². The van der Waals surface area contributed by atoms with Gasteiger partial charge in [-0.2, -0.15) is 26.5 Å². The maximum Gasteiger partial charge on any atom is 0.423 e. The molecule has 0 radical (unpaired) electrons. The van der Waals surface area contributed by atoms with Gasteiger partial charge in [-0.15, -0.1) is 5.10 Å². The molecular weight excluding hydrogens is 458 g/mol. The fraction of sp³-hybridized carbons (Fsp3) is 0.526. The van der Waals surface area contributed by atoms with E-state index >= 15 is 0 Å². The molecule has 1 saturated heterocycles. The Morgan fingerprint density at radius 1 is 1.21 bits per heavy atom. The number of phenolic OH excluding ortho intramolecular Hbond substituents is 1. The van der Waals surface area contributed by atoms with E-state index in [-0.39, 0.29) is 47.7 Å². The lowest BCUT2D eigenvalue weighted by Gasteiger charge is -2.38. The fourth-order valence-electron chi connectivity index (χ4n) is 3.86. The number of ether oxygens (including phenoxy) is 1. The van der Waals surface area contributed by atoms with Crippen LogP contribution in [0.15, 0.2) is 12.1 Å². The van der Waals surface area contributed by atoms with E-state index < -0.39 is 42.4 Å². The minimum Gasteiger partial charge on any atom is -0.504 e. The number of rotatable bonds is 5. The summed E-state index contributed by atoms with van der Waals surface area (Å²) in [4.78, 5) is 9.65. The zero-order valence-electron chi connectivity index (χ0n) is 17.3. The van der Waals surface area contributed by atoms with Gasteiger partial charge in [0.2, 0.25) is 11.6 Å². The molecule has 8 nitrogen and oxygen atoms in total. The number of anilines is 1. The summed E-state index contributed by atoms with van der Waals surface area (Å²) in [6.07, 6.45) is -8.99. The maximum absolute atomic E-state index is 14.3. The Labute approximate surface area is 183 Å². The number of hydrogen-bond donors (Lipinski definition) is 2. The zero-order chi connectivity index (χ0) is 24.2. The Morgan fingerprint density at radius 2 is 1.94 bits per heavy atom. The standard InChI is InChI=1S/C19H20F6N6O2/c1-17(20,21)33-14-11(32)4-3-10-13(14)28-16(26)31-15(10)27-12(29-31)5-8-30-7-2-6-18(22,9-30)19(23,24)25/h3-4,32H,2,5-9H2,1H3,(H2,26,28). The number of alkyl halides is 6. The van der Waals surface area contributed by atoms with Crippen molar-refractivity contribution in [2.75, 3.05) is 25.4 Å². The summed E-state index contributed by atoms with van der Waals surface area (Å²) in [5.41, 5.74) is 2.59. The van der Waals surface area contributed by atoms with Crippen LogP contribution >= 0.6 is 0 Å². The molecular formula is C19H20F6N6O2. The molecule has 3 heterocycles. The molecule has 1 aromatic carbocycles. The van der Waals surface area contributed by atoms with Gasteiger partial charge in [0.05, 0.1) is 0 Å². The lowest BCUT2D eigenvalue weighted by molar-refractivity contribution is -0.244. The predicted octanol–water partition coefficient (Wildman–Crippen LogP) is 3.47. The highest BCUT2D eigenvalue weighted by Crippen LogP contribution is 2.41. The van der Waals surface area contributed by atoms with Gasteiger partial charge >= 0.3 is 12.3 Å². The third-order valence-corrected chi connectivity index (χ3v) is 5.41. The largest absolute Gasteiger partial charge is 0.504 e. The molecule has 2 aromatic heterocycles. The van der Waals surface area contributed by atoms with Gasteiger partial charge in [0, 0.05) is 31.8 Å². The van der Waals surface area contributed by atoms with Crippen LogP contribution in [0.2, 0.25) is 0 Å². The number of hydrogen-bond acceptors (Lipinski definition) is 7. The van der Waals surface area contributed by atoms with Crippen LogP contribution in [0.25, 0.3) is 16.6 Å². The lowest BCUT2D eigenvalue weighted by Crippen LogP contribution is -2.54. The summed E-state index contributed by atoms with van der Waals surface area (Å²) >= 11 is 0. The summed E-state index contributed by atoms with van der Waals surface area (Å²) in [5.74, 6) is -1.21. The molecule has 3 aromatic rings. The normalized spacial score (nSPS) is 20.6. The molecule has 33 heavy (non-hydrogen) atoms. The average Bonchev–Trinajstić information content (AvgIpc) is 3.12. The first-order valence-corrected chi connectivity index (χ1v) is 9.99. The highest BCUT2D eigenvalue weighted by molar-refractivity contribution is 5.97. The molecule has 3 N–H and O–H groups in total. The van der Waals surface area contributed by atoms with Crippen LogP contribution in [0.5, 0.6) is 11.5 Å². The fourth-order valence-corrected chi connectivity index (χ4v) is 3.86. The Morgan fingerprint density at radius 3 is 2.61 bits per heavy atom. The number of nitrogens with two attached hydrogens (primary N) is 1. The Kier molecular flexibility index (Phi) is 5.46. The minimum atomic E-state index is -4.95. The summed E-state index contributed by atoms with van der Waals surface area (Å²) in [7, 11) is 0. The second-order valence-electron chi connectivity index (χ2n) is 8.05. The Bertz CT molecular complexity index is 1190. The molecule has 1 aliphatic rings. The van der Waals surface area contributed by atoms with Crippen molar-refractivity contribution in [3.05, 3.63) is 18.0 Å². The van der Waals surface area contributed by atoms with Crippen LogP contribution in [0.3, 0.4) is 0 Å². The minimum absolute atomic E-state index is 0.0600. The van der Waals surface area contributed by atoms with Crippen molar-refractivity contribution in [2.24, 2.45) is 0 Å². The number of nitrogens with zero attached hydrogens (tertiary/aromatic N) is 5. The highest BCUT2D eigenvalue weighted by Gasteiger charge is 2.57. The quantitative estimate of drug-likeness (QED) is 0.542. The van der Waals surface area contributed by atoms with E-state index in [9.17, 15) is 31.4 Å². The summed E-state index contributed by atoms with van der Waals surface area (Å²) in [6.45, 7) is 0.0869. The molecule has 180 valence electrons. The molecule has 0 spiro atoms. The molecule has 0 bridgehead atoms. The van der Waals surface area contributed by atoms with E-state index in [0.717, 1.165) is 10.6 Å². The third kappa shape index (κ3) is 4.43. The van der Waals surface area contributed by atoms with Gasteiger partial charge < -0.3 is 15.6 Å². The number of benzene rings is 1. The van der Waals surface area contributed by atoms with E-state index in [4.69, 9.17) is 5.73 Å². The van der Waals surface area contributed by atoms with Crippen LogP contribution in [0, 0.1) is 0 Å². The smallest absolute Gasteiger partial charge is 0.423 e. The summed E-state index contributed by atoms with van der Waals surface area (Å²) in [6, 6.07) is 2.50. The zero-order valence-corrected chi connectivity index (χ0v) is 17.3. The van der Waals surface area contributed by atoms with E-state index in [2.05, 4.69) is 19.8 Å². The van der Waals surface area contributed by atoms with Gasteiger partial charge in [0.25, 0.3) is 0 Å². The molecule has 1 unspecified atom stereocenters. The number of aromatic nitrogens is 4. The van der Waals surface area contributed by atoms with Crippen LogP contribution < -0.4 is 10.5 Å². The van der Waals surface area contributed by atoms with Crippen molar-refractivity contribution in [1.82, 2.24) is 24.5 Å². The SMILES string of the molecule is CC(F)(F)Oc1c(O)ccc2c1nc(N)n1nc(CCN3CCCC(F)(C(F)(F)F)C3)nc21. The molecule has 1 fully saturated rings. The van der Waals surface area contributed by atoms with Crippen LogP contribution in [-0.4, -0.2) is 67.2 Å². The van der Waals surface area contributed by atoms with E-state index in [1.807, 2.05) is 0 Å². The first-order chi connectivity index (χ1) is 15.3. The first-order valence-electron chi connectivity index (χ1n) is 9.99. The van der Waals surface area contributed by atoms with Crippen molar-refractivity contribution >= 4 is 22.5 Å². The molecule has 14 heteroatoms. The van der Waals surface area contributed by atoms with Gasteiger partial charge in [0.15, 0.2) is 23.0 Å². The predicted molar refractivity (Wildman–Crippen MR) is 105 cm³/mol. The molecule has 0 saturated carbocycles. The first kappa shape index (κ1) is 23.1. The Balaban J connectivity index is 1.63. The maximum atomic E-state index is 14.3. The second kappa shape index (κ2) is 7.78. The second-order valence-corrected chi connectivity index (χ2v) is 8.05. The Hall–Kier alpha value is -3.03. The van der Waals surface area contributed by atoms with Gasteiger partial charge in [-0.25, -0.2) is 14.4 Å². The number of halogens is 6. The van der Waals surface area contributed by atoms with E-state index in [0.29, 0.717) is 13.5 Å². The van der Waals surface area contributed by atoms with E-state index in [1.165, 1.54) is 11.0 Å². The van der Waals surface area contributed by atoms with Crippen molar-refractivity contribution in [1.29, 1.82) is 0 Å². The van der Waals surface area contributed by atoms with E-state index in [1.54, 1.807) is 0 Å². The lowest BCUT2D eigenvalue weighted by atomic mass is 9.94. The molecule has 0 aliphatic carbocycles. The third-order valence-electron chi connectivity index (χ3n) is 5.41. The van der Waals surface area contributed by atoms with Crippen molar-refractivity contribution in [2.45, 2.75) is 44.1 Å². The van der Waals surface area contributed by atoms with Gasteiger partial charge in [0.1, 0.15) is 5.52 Å². The number of fused-ring (bicyclic) bond motifs is 3. The summed E-state index contributed by atoms with van der Waals surface area (Å²) in [5, 5.41) is 14.4. The monoisotopic (exact) mass is 478 g/mol. The molecule has 4 rings (SSSR count). The van der Waals surface area contributed by atoms with Crippen LogP contribution in [0.4, 0.5) is 32.3 Å². The molecule has 1 atom stereocenters. The number of phenols is 1. The van der Waals surface area contributed by atoms with Gasteiger partial charge in [-0.1, -0.05) is 0 Å². The molecule has 1 aliphatic heterocycles. The number of piperidine rings is 1. The topological polar surface area (TPSA) is 102 Å². The number of likely N-dealkylation sites (tertiary alicyclic amines) is 1. The van der Waals surface area contributed by atoms with Crippen molar-refractivity contribution < 1.29 is 36.2 Å². The van der Waals surface area contributed by atoms with Crippen molar-refractivity contribution in [3.63, 3.8) is 0 Å². The van der Waals surface area contributed by atoms with Gasteiger partial charge in [-0.05, 0) is 31.5 Å². The van der Waals surface area contributed by atoms with Crippen molar-refractivity contribution in [3.8, 4) is 11.5 Å². The summed E-state index contributed by atoms with van der Waals surface area (Å²) < 4.78 is 85.9. The molecule has 0 amide bonds. The highest BCUT2D eigenvalue weighted by atomic mass is 19.4. The number of nitrogen functional groups attached to an aromatic ring is 1. The van der Waals surface area contributed by atoms with Crippen LogP contribution in [-0.2, 0) is 6.42 Å². The van der Waals surface area contributed by atoms with Crippen LogP contribution in [0.1, 0.15) is 25.6 Å². The average molecular weight is 478 g/mol.